The molecule has 0 aliphatic carbocycles. The predicted octanol–water partition coefficient (Wildman–Crippen LogP) is 7.13. The Labute approximate surface area is 174 Å². The Balaban J connectivity index is 2.30. The number of hydrogen-bond donors (Lipinski definition) is 0. The van der Waals surface area contributed by atoms with Gasteiger partial charge in [-0.05, 0) is 17.9 Å². The second-order valence-corrected chi connectivity index (χ2v) is 10.8. The SMILES string of the molecule is CCCC(=O)SCCOP(=O)(Oc1cccc2ccccc12)C(F)(F)C(C)(C)C. The molecule has 2 rings (SSSR count). The molecular weight excluding hydrogens is 417 g/mol. The molecule has 4 nitrogen and oxygen atoms in total. The topological polar surface area (TPSA) is 52.6 Å². The Morgan fingerprint density at radius 1 is 1.10 bits per heavy atom. The molecule has 0 aliphatic rings. The molecule has 0 fully saturated rings. The van der Waals surface area contributed by atoms with Crippen molar-refractivity contribution in [3.05, 3.63) is 42.5 Å². The lowest BCUT2D eigenvalue weighted by Gasteiger charge is -2.35. The zero-order valence-electron chi connectivity index (χ0n) is 17.1. The summed E-state index contributed by atoms with van der Waals surface area (Å²) < 4.78 is 54.4. The highest BCUT2D eigenvalue weighted by molar-refractivity contribution is 8.13. The third-order valence-electron chi connectivity index (χ3n) is 4.28. The number of carbonyl (C=O) groups excluding carboxylic acids is 1. The number of halogens is 2. The van der Waals surface area contributed by atoms with Crippen LogP contribution in [0.25, 0.3) is 10.8 Å². The fourth-order valence-electron chi connectivity index (χ4n) is 2.57. The fourth-order valence-corrected chi connectivity index (χ4v) is 5.34. The van der Waals surface area contributed by atoms with E-state index in [0.29, 0.717) is 18.2 Å². The van der Waals surface area contributed by atoms with Gasteiger partial charge in [-0.2, -0.15) is 8.78 Å². The molecule has 0 amide bonds. The molecule has 1 atom stereocenters. The van der Waals surface area contributed by atoms with Crippen LogP contribution in [0.3, 0.4) is 0 Å². The molecule has 0 saturated heterocycles. The molecule has 0 aliphatic heterocycles. The summed E-state index contributed by atoms with van der Waals surface area (Å²) in [6.07, 6.45) is 1.10. The van der Waals surface area contributed by atoms with Gasteiger partial charge >= 0.3 is 13.3 Å². The van der Waals surface area contributed by atoms with Gasteiger partial charge in [-0.15, -0.1) is 0 Å². The maximum Gasteiger partial charge on any atom is 0.448 e. The number of thioether (sulfide) groups is 1. The fraction of sp³-hybridized carbons (Fsp3) is 0.476. The minimum absolute atomic E-state index is 0.0523. The number of carbonyl (C=O) groups is 1. The van der Waals surface area contributed by atoms with Crippen molar-refractivity contribution in [1.82, 2.24) is 0 Å². The van der Waals surface area contributed by atoms with Crippen molar-refractivity contribution in [3.8, 4) is 5.75 Å². The van der Waals surface area contributed by atoms with E-state index in [1.54, 1.807) is 18.2 Å². The molecule has 0 heterocycles. The van der Waals surface area contributed by atoms with Crippen LogP contribution in [0, 0.1) is 5.41 Å². The van der Waals surface area contributed by atoms with Crippen LogP contribution >= 0.6 is 19.4 Å². The van der Waals surface area contributed by atoms with Gasteiger partial charge in [0.25, 0.3) is 0 Å². The number of rotatable bonds is 9. The van der Waals surface area contributed by atoms with E-state index in [9.17, 15) is 9.36 Å². The van der Waals surface area contributed by atoms with Crippen molar-refractivity contribution < 1.29 is 27.2 Å². The summed E-state index contributed by atoms with van der Waals surface area (Å²) in [5, 5.41) is 1.29. The van der Waals surface area contributed by atoms with E-state index < -0.39 is 18.7 Å². The highest BCUT2D eigenvalue weighted by atomic mass is 32.2. The van der Waals surface area contributed by atoms with E-state index >= 15 is 8.78 Å². The molecule has 0 radical (unpaired) electrons. The summed E-state index contributed by atoms with van der Waals surface area (Å²) in [6.45, 7) is 5.46. The van der Waals surface area contributed by atoms with Crippen molar-refractivity contribution in [2.24, 2.45) is 5.41 Å². The van der Waals surface area contributed by atoms with Gasteiger partial charge < -0.3 is 4.52 Å². The van der Waals surface area contributed by atoms with E-state index in [0.717, 1.165) is 17.1 Å². The monoisotopic (exact) mass is 444 g/mol. The zero-order chi connectivity index (χ0) is 21.7. The van der Waals surface area contributed by atoms with Crippen LogP contribution in [0.2, 0.25) is 0 Å². The lowest BCUT2D eigenvalue weighted by atomic mass is 9.97. The molecule has 0 N–H and O–H groups in total. The summed E-state index contributed by atoms with van der Waals surface area (Å²) in [6, 6.07) is 12.0. The number of fused-ring (bicyclic) bond motifs is 1. The van der Waals surface area contributed by atoms with Gasteiger partial charge in [-0.1, -0.05) is 75.9 Å². The lowest BCUT2D eigenvalue weighted by molar-refractivity contribution is -0.111. The number of alkyl halides is 2. The Kier molecular flexibility index (Phi) is 7.88. The zero-order valence-corrected chi connectivity index (χ0v) is 18.8. The summed E-state index contributed by atoms with van der Waals surface area (Å²) >= 11 is 0.983. The Hall–Kier alpha value is -1.43. The molecule has 0 spiro atoms. The second-order valence-electron chi connectivity index (χ2n) is 7.66. The largest absolute Gasteiger partial charge is 0.448 e. The number of benzene rings is 2. The molecular formula is C21H27F2O4PS. The average molecular weight is 444 g/mol. The van der Waals surface area contributed by atoms with E-state index in [1.807, 2.05) is 25.1 Å². The summed E-state index contributed by atoms with van der Waals surface area (Å²) in [7, 11) is -4.90. The molecule has 29 heavy (non-hydrogen) atoms. The first-order chi connectivity index (χ1) is 13.5. The van der Waals surface area contributed by atoms with Crippen molar-refractivity contribution in [2.45, 2.75) is 46.2 Å². The Morgan fingerprint density at radius 2 is 1.76 bits per heavy atom. The molecule has 0 bridgehead atoms. The number of hydrogen-bond acceptors (Lipinski definition) is 5. The summed E-state index contributed by atoms with van der Waals surface area (Å²) in [5.41, 5.74) is -5.40. The normalized spacial score (nSPS) is 14.6. The molecule has 0 saturated carbocycles. The Morgan fingerprint density at radius 3 is 2.41 bits per heavy atom. The van der Waals surface area contributed by atoms with Gasteiger partial charge in [-0.25, -0.2) is 4.57 Å². The van der Waals surface area contributed by atoms with E-state index in [2.05, 4.69) is 0 Å². The van der Waals surface area contributed by atoms with Gasteiger partial charge in [0, 0.05) is 23.0 Å². The maximum absolute atomic E-state index is 15.2. The molecule has 0 aromatic heterocycles. The van der Waals surface area contributed by atoms with Gasteiger partial charge in [-0.3, -0.25) is 9.32 Å². The predicted molar refractivity (Wildman–Crippen MR) is 115 cm³/mol. The average Bonchev–Trinajstić information content (AvgIpc) is 2.65. The highest BCUT2D eigenvalue weighted by Gasteiger charge is 2.62. The highest BCUT2D eigenvalue weighted by Crippen LogP contribution is 2.67. The van der Waals surface area contributed by atoms with Crippen molar-refractivity contribution >= 4 is 35.2 Å². The second kappa shape index (κ2) is 9.59. The van der Waals surface area contributed by atoms with Crippen LogP contribution in [0.15, 0.2) is 42.5 Å². The molecule has 1 unspecified atom stereocenters. The van der Waals surface area contributed by atoms with Crippen LogP contribution in [0.4, 0.5) is 8.78 Å². The molecule has 2 aromatic carbocycles. The summed E-state index contributed by atoms with van der Waals surface area (Å²) in [4.78, 5) is 11.6. The standard InChI is InChI=1S/C21H27F2O4PS/c1-5-9-19(24)29-15-14-26-28(25,21(22,23)20(2,3)4)27-18-13-8-11-16-10-6-7-12-17(16)18/h6-8,10-13H,5,9,14-15H2,1-4H3. The van der Waals surface area contributed by atoms with Crippen LogP contribution in [-0.4, -0.2) is 23.1 Å². The van der Waals surface area contributed by atoms with Crippen LogP contribution in [0.1, 0.15) is 40.5 Å². The van der Waals surface area contributed by atoms with Gasteiger partial charge in [0.1, 0.15) is 5.75 Å². The summed E-state index contributed by atoms with van der Waals surface area (Å²) in [5.74, 6) is 0.201. The molecule has 160 valence electrons. The van der Waals surface area contributed by atoms with Crippen LogP contribution < -0.4 is 4.52 Å². The van der Waals surface area contributed by atoms with Crippen molar-refractivity contribution in [3.63, 3.8) is 0 Å². The quantitative estimate of drug-likeness (QED) is 0.304. The minimum Gasteiger partial charge on any atom is -0.420 e. The van der Waals surface area contributed by atoms with E-state index in [1.165, 1.54) is 26.8 Å². The van der Waals surface area contributed by atoms with Crippen molar-refractivity contribution in [2.75, 3.05) is 12.4 Å². The first-order valence-electron chi connectivity index (χ1n) is 9.47. The molecule has 2 aromatic rings. The van der Waals surface area contributed by atoms with E-state index in [4.69, 9.17) is 9.05 Å². The van der Waals surface area contributed by atoms with Gasteiger partial charge in [0.15, 0.2) is 5.12 Å². The van der Waals surface area contributed by atoms with Crippen LogP contribution in [-0.2, 0) is 13.9 Å². The third kappa shape index (κ3) is 5.59. The maximum atomic E-state index is 15.2. The lowest BCUT2D eigenvalue weighted by Crippen LogP contribution is -2.36. The van der Waals surface area contributed by atoms with Gasteiger partial charge in [0.2, 0.25) is 0 Å². The minimum atomic E-state index is -4.90. The molecule has 8 heteroatoms. The van der Waals surface area contributed by atoms with E-state index in [-0.39, 0.29) is 23.2 Å². The Bertz CT molecular complexity index is 890. The van der Waals surface area contributed by atoms with Gasteiger partial charge in [0.05, 0.1) is 6.61 Å². The smallest absolute Gasteiger partial charge is 0.420 e. The van der Waals surface area contributed by atoms with Crippen molar-refractivity contribution in [1.29, 1.82) is 0 Å². The third-order valence-corrected chi connectivity index (χ3v) is 7.49. The first kappa shape index (κ1) is 23.8. The first-order valence-corrected chi connectivity index (χ1v) is 12.0. The van der Waals surface area contributed by atoms with Crippen LogP contribution in [0.5, 0.6) is 5.75 Å².